The van der Waals surface area contributed by atoms with E-state index in [1.165, 1.54) is 6.20 Å². The zero-order valence-corrected chi connectivity index (χ0v) is 9.64. The van der Waals surface area contributed by atoms with E-state index in [1.807, 2.05) is 0 Å². The zero-order chi connectivity index (χ0) is 11.5. The van der Waals surface area contributed by atoms with Gasteiger partial charge in [0, 0.05) is 12.4 Å². The van der Waals surface area contributed by atoms with E-state index in [0.29, 0.717) is 10.5 Å². The third kappa shape index (κ3) is 4.07. The quantitative estimate of drug-likeness (QED) is 0.723. The van der Waals surface area contributed by atoms with E-state index in [9.17, 15) is 4.79 Å². The maximum Gasteiger partial charge on any atom is 0.413 e. The van der Waals surface area contributed by atoms with Crippen molar-refractivity contribution in [2.24, 2.45) is 0 Å². The number of nitrogens with one attached hydrogen (secondary N) is 2. The van der Waals surface area contributed by atoms with Gasteiger partial charge in [0.2, 0.25) is 0 Å². The fourth-order valence-corrected chi connectivity index (χ4v) is 1.01. The number of amides is 1. The average Bonchev–Trinajstić information content (AvgIpc) is 2.05. The minimum absolute atomic E-state index is 0.293. The lowest BCUT2D eigenvalue weighted by molar-refractivity contribution is 0.0635. The third-order valence-electron chi connectivity index (χ3n) is 1.33. The van der Waals surface area contributed by atoms with Crippen molar-refractivity contribution < 1.29 is 9.53 Å². The highest BCUT2D eigenvalue weighted by atomic mass is 32.1. The molecule has 0 radical (unpaired) electrons. The molecule has 1 amide bonds. The summed E-state index contributed by atoms with van der Waals surface area (Å²) in [6, 6.07) is 0. The molecule has 1 rings (SSSR count). The molecule has 1 heterocycles. The number of nitrogens with zero attached hydrogens (tertiary/aromatic N) is 1. The Morgan fingerprint density at radius 3 is 2.80 bits per heavy atom. The molecule has 6 heteroatoms. The second kappa shape index (κ2) is 4.39. The molecular weight excluding hydrogens is 214 g/mol. The molecular formula is C9H13N3O2S. The SMILES string of the molecule is CC(C)(C)OC(=O)Nc1ncc[nH]c1=S. The van der Waals surface area contributed by atoms with Gasteiger partial charge < -0.3 is 9.72 Å². The fourth-order valence-electron chi connectivity index (χ4n) is 0.841. The number of carbonyl (C=O) groups is 1. The van der Waals surface area contributed by atoms with E-state index in [1.54, 1.807) is 27.0 Å². The van der Waals surface area contributed by atoms with Gasteiger partial charge in [0.05, 0.1) is 0 Å². The van der Waals surface area contributed by atoms with Crippen molar-refractivity contribution in [3.8, 4) is 0 Å². The van der Waals surface area contributed by atoms with Crippen LogP contribution in [0.4, 0.5) is 10.6 Å². The molecule has 0 aromatic carbocycles. The molecule has 0 atom stereocenters. The number of anilines is 1. The molecule has 5 nitrogen and oxygen atoms in total. The molecule has 0 bridgehead atoms. The highest BCUT2D eigenvalue weighted by molar-refractivity contribution is 7.71. The van der Waals surface area contributed by atoms with Gasteiger partial charge in [-0.05, 0) is 20.8 Å². The fraction of sp³-hybridized carbons (Fsp3) is 0.444. The molecule has 0 fully saturated rings. The molecule has 1 aromatic rings. The Bertz CT molecular complexity index is 408. The lowest BCUT2D eigenvalue weighted by Crippen LogP contribution is -2.27. The highest BCUT2D eigenvalue weighted by Crippen LogP contribution is 2.09. The lowest BCUT2D eigenvalue weighted by Gasteiger charge is -2.19. The molecule has 15 heavy (non-hydrogen) atoms. The summed E-state index contributed by atoms with van der Waals surface area (Å²) in [5.41, 5.74) is -0.538. The Balaban J connectivity index is 2.68. The second-order valence-electron chi connectivity index (χ2n) is 3.89. The van der Waals surface area contributed by atoms with Crippen LogP contribution < -0.4 is 5.32 Å². The van der Waals surface area contributed by atoms with Crippen LogP contribution in [0.5, 0.6) is 0 Å². The standard InChI is InChI=1S/C9H13N3O2S/c1-9(2,3)14-8(13)12-6-7(15)11-5-4-10-6/h4-5H,1-3H3,(H,11,15)(H,10,12,13). The summed E-state index contributed by atoms with van der Waals surface area (Å²) in [6.45, 7) is 5.35. The normalized spacial score (nSPS) is 10.9. The number of aromatic amines is 1. The van der Waals surface area contributed by atoms with Crippen LogP contribution in [0.2, 0.25) is 0 Å². The lowest BCUT2D eigenvalue weighted by atomic mass is 10.2. The Kier molecular flexibility index (Phi) is 3.41. The van der Waals surface area contributed by atoms with E-state index < -0.39 is 11.7 Å². The van der Waals surface area contributed by atoms with Gasteiger partial charge in [0.25, 0.3) is 0 Å². The maximum atomic E-state index is 11.3. The van der Waals surface area contributed by atoms with Crippen molar-refractivity contribution in [3.63, 3.8) is 0 Å². The van der Waals surface area contributed by atoms with Gasteiger partial charge in [0.1, 0.15) is 10.2 Å². The summed E-state index contributed by atoms with van der Waals surface area (Å²) < 4.78 is 5.41. The minimum atomic E-state index is -0.569. The molecule has 82 valence electrons. The first kappa shape index (κ1) is 11.6. The summed E-state index contributed by atoms with van der Waals surface area (Å²) in [5.74, 6) is 0.293. The highest BCUT2D eigenvalue weighted by Gasteiger charge is 2.16. The van der Waals surface area contributed by atoms with Crippen molar-refractivity contribution in [2.75, 3.05) is 5.32 Å². The summed E-state index contributed by atoms with van der Waals surface area (Å²) >= 11 is 4.92. The molecule has 0 aliphatic rings. The van der Waals surface area contributed by atoms with Crippen LogP contribution in [-0.4, -0.2) is 21.7 Å². The molecule has 0 saturated carbocycles. The molecule has 0 saturated heterocycles. The topological polar surface area (TPSA) is 67.0 Å². The number of H-pyrrole nitrogens is 1. The monoisotopic (exact) mass is 227 g/mol. The average molecular weight is 227 g/mol. The number of aromatic nitrogens is 2. The molecule has 0 spiro atoms. The molecule has 0 aliphatic carbocycles. The van der Waals surface area contributed by atoms with Crippen LogP contribution in [0.25, 0.3) is 0 Å². The van der Waals surface area contributed by atoms with Gasteiger partial charge in [-0.25, -0.2) is 9.78 Å². The summed E-state index contributed by atoms with van der Waals surface area (Å²) in [4.78, 5) is 18.0. The Morgan fingerprint density at radius 1 is 1.60 bits per heavy atom. The van der Waals surface area contributed by atoms with E-state index in [-0.39, 0.29) is 0 Å². The summed E-state index contributed by atoms with van der Waals surface area (Å²) in [7, 11) is 0. The first-order valence-corrected chi connectivity index (χ1v) is 4.83. The van der Waals surface area contributed by atoms with Crippen molar-refractivity contribution in [3.05, 3.63) is 17.0 Å². The Hall–Kier alpha value is -1.43. The van der Waals surface area contributed by atoms with Crippen molar-refractivity contribution >= 4 is 24.1 Å². The molecule has 0 aliphatic heterocycles. The van der Waals surface area contributed by atoms with Crippen LogP contribution >= 0.6 is 12.2 Å². The van der Waals surface area contributed by atoms with Gasteiger partial charge >= 0.3 is 6.09 Å². The first-order chi connectivity index (χ1) is 6.88. The number of hydrogen-bond acceptors (Lipinski definition) is 4. The second-order valence-corrected chi connectivity index (χ2v) is 4.30. The number of ether oxygens (including phenoxy) is 1. The number of carbonyl (C=O) groups excluding carboxylic acids is 1. The van der Waals surface area contributed by atoms with Crippen LogP contribution in [0.1, 0.15) is 20.8 Å². The van der Waals surface area contributed by atoms with Gasteiger partial charge in [-0.2, -0.15) is 0 Å². The van der Waals surface area contributed by atoms with Crippen LogP contribution in [0.15, 0.2) is 12.4 Å². The Labute approximate surface area is 92.9 Å². The van der Waals surface area contributed by atoms with Crippen molar-refractivity contribution in [1.82, 2.24) is 9.97 Å². The minimum Gasteiger partial charge on any atom is -0.444 e. The maximum absolute atomic E-state index is 11.3. The summed E-state index contributed by atoms with van der Waals surface area (Å²) in [6.07, 6.45) is 2.52. The van der Waals surface area contributed by atoms with Crippen molar-refractivity contribution in [1.29, 1.82) is 0 Å². The smallest absolute Gasteiger partial charge is 0.413 e. The van der Waals surface area contributed by atoms with Gasteiger partial charge in [-0.3, -0.25) is 5.32 Å². The number of rotatable bonds is 1. The van der Waals surface area contributed by atoms with E-state index >= 15 is 0 Å². The third-order valence-corrected chi connectivity index (χ3v) is 1.64. The van der Waals surface area contributed by atoms with E-state index in [0.717, 1.165) is 0 Å². The summed E-state index contributed by atoms with van der Waals surface area (Å²) in [5, 5.41) is 2.46. The van der Waals surface area contributed by atoms with Gasteiger partial charge in [0.15, 0.2) is 5.82 Å². The van der Waals surface area contributed by atoms with Crippen LogP contribution in [0.3, 0.4) is 0 Å². The Morgan fingerprint density at radius 2 is 2.27 bits per heavy atom. The van der Waals surface area contributed by atoms with Crippen molar-refractivity contribution in [2.45, 2.75) is 26.4 Å². The van der Waals surface area contributed by atoms with E-state index in [4.69, 9.17) is 17.0 Å². The zero-order valence-electron chi connectivity index (χ0n) is 8.83. The van der Waals surface area contributed by atoms with Gasteiger partial charge in [-0.15, -0.1) is 0 Å². The predicted molar refractivity (Wildman–Crippen MR) is 59.3 cm³/mol. The predicted octanol–water partition coefficient (Wildman–Crippen LogP) is 2.49. The molecule has 2 N–H and O–H groups in total. The van der Waals surface area contributed by atoms with Crippen LogP contribution in [-0.2, 0) is 4.74 Å². The van der Waals surface area contributed by atoms with E-state index in [2.05, 4.69) is 15.3 Å². The van der Waals surface area contributed by atoms with Crippen LogP contribution in [0, 0.1) is 4.64 Å². The van der Waals surface area contributed by atoms with Gasteiger partial charge in [-0.1, -0.05) is 12.2 Å². The first-order valence-electron chi connectivity index (χ1n) is 4.42. The molecule has 1 aromatic heterocycles. The number of hydrogen-bond donors (Lipinski definition) is 2. The largest absolute Gasteiger partial charge is 0.444 e. The molecule has 0 unspecified atom stereocenters.